The van der Waals surface area contributed by atoms with Crippen molar-refractivity contribution in [2.24, 2.45) is 41.4 Å². The molecule has 23 heteroatoms. The fourth-order valence-electron chi connectivity index (χ4n) is 9.51. The molecule has 10 amide bonds. The van der Waals surface area contributed by atoms with E-state index in [9.17, 15) is 57.8 Å². The van der Waals surface area contributed by atoms with Crippen LogP contribution in [0.3, 0.4) is 0 Å². The first kappa shape index (κ1) is 83.8. The van der Waals surface area contributed by atoms with Gasteiger partial charge in [-0.25, -0.2) is 6.29 Å². The fraction of sp³-hybridized carbons (Fsp3) is 0.758. The quantitative estimate of drug-likeness (QED) is 0.0336. The van der Waals surface area contributed by atoms with Crippen molar-refractivity contribution in [1.29, 1.82) is 0 Å². The molecular weight excluding hydrogens is 1140 g/mol. The summed E-state index contributed by atoms with van der Waals surface area (Å²) < 4.78 is 0. The summed E-state index contributed by atoms with van der Waals surface area (Å²) in [5.41, 5.74) is 0. The summed E-state index contributed by atoms with van der Waals surface area (Å²) in [6.45, 7) is 29.9. The number of nitrogens with zero attached hydrogens (tertiary/aromatic N) is 6. The Kier molecular flexibility index (Phi) is 39.5. The molecule has 85 heavy (non-hydrogen) atoms. The van der Waals surface area contributed by atoms with Gasteiger partial charge in [-0.05, 0) is 101 Å². The van der Waals surface area contributed by atoms with Crippen LogP contribution in [-0.4, -0.2) is 209 Å². The molecule has 0 aromatic rings. The Hall–Kier alpha value is -5.44. The first-order valence-electron chi connectivity index (χ1n) is 29.6. The molecule has 0 saturated carbocycles. The molecule has 0 aliphatic heterocycles. The Morgan fingerprint density at radius 2 is 0.929 bits per heavy atom. The zero-order chi connectivity index (χ0) is 64.7. The minimum atomic E-state index is -1.22. The number of amides is 10. The Labute approximate surface area is 524 Å². The summed E-state index contributed by atoms with van der Waals surface area (Å²) in [7, 11) is 8.75. The summed E-state index contributed by atoms with van der Waals surface area (Å²) in [6, 6.07) is -9.62. The van der Waals surface area contributed by atoms with Crippen molar-refractivity contribution in [3.8, 4) is 0 Å². The van der Waals surface area contributed by atoms with Crippen LogP contribution in [0.5, 0.6) is 0 Å². The minimum absolute atomic E-state index is 0. The summed E-state index contributed by atoms with van der Waals surface area (Å²) in [5.74, 6) is -7.26. The molecule has 22 nitrogen and oxygen atoms in total. The van der Waals surface area contributed by atoms with Gasteiger partial charge in [0.1, 0.15) is 48.3 Å². The first-order valence-corrected chi connectivity index (χ1v) is 29.6. The van der Waals surface area contributed by atoms with Crippen LogP contribution in [0.15, 0.2) is 12.2 Å². The van der Waals surface area contributed by atoms with E-state index in [1.807, 2.05) is 80.8 Å². The fourth-order valence-corrected chi connectivity index (χ4v) is 9.51. The molecule has 0 aromatic heterocycles. The first-order chi connectivity index (χ1) is 38.3. The van der Waals surface area contributed by atoms with Gasteiger partial charge in [0.2, 0.25) is 53.2 Å². The maximum Gasteiger partial charge on any atom is 0.245 e. The molecule has 0 aliphatic rings. The smallest absolute Gasteiger partial charge is 0.245 e. The van der Waals surface area contributed by atoms with Crippen LogP contribution in [0.2, 0.25) is 0 Å². The molecule has 0 bridgehead atoms. The van der Waals surface area contributed by atoms with Crippen LogP contribution in [-0.2, 0) is 72.2 Å². The maximum atomic E-state index is 14.5. The van der Waals surface area contributed by atoms with E-state index in [-0.39, 0.29) is 94.5 Å². The summed E-state index contributed by atoms with van der Waals surface area (Å²) in [6.07, 6.45) is 7.34. The number of hydrogen-bond acceptors (Lipinski definition) is 12. The van der Waals surface area contributed by atoms with E-state index in [0.29, 0.717) is 6.42 Å². The number of likely N-dealkylation sites (N-methyl/N-ethyl adjacent to an activating group) is 6. The molecule has 0 aromatic carbocycles. The largest absolute Gasteiger partial charge is 0.540 e. The van der Waals surface area contributed by atoms with Crippen molar-refractivity contribution in [1.82, 2.24) is 50.7 Å². The topological polar surface area (TPSA) is 276 Å². The Balaban J connectivity index is -0.0000336. The normalized spacial score (nSPS) is 15.3. The number of nitrogens with one attached hydrogen (secondary N) is 4. The Morgan fingerprint density at radius 3 is 1.35 bits per heavy atom. The van der Waals surface area contributed by atoms with Crippen LogP contribution in [0.1, 0.15) is 156 Å². The number of aliphatic hydroxyl groups is 1. The average molecular weight is 1250 g/mol. The van der Waals surface area contributed by atoms with Gasteiger partial charge in [0.25, 0.3) is 0 Å². The SMILES string of the molecule is C/C=C/CC(C)[C@@H](O)[CH-]C(=O)N[C@@H](CC)C(=O)N(C)CC(=O)N(C)[C@@H](CC(C)C)C(=O)N[C@H](C(=O)N(C)[C@@H](CC(C)C)C(=O)N[C@@H](C)C(=O)N[C@H](C)C(=O)N(C)[C@@H](CC(C)C)C(=O)N(C)[C@@H](CC(C)C)C(=O)N(C)[C@H]([C-]=O)C(C)C)C(C)C.[CH3-].[Zn]. The molecule has 1 unspecified atom stereocenters. The number of hydrogen-bond donors (Lipinski definition) is 5. The van der Waals surface area contributed by atoms with Crippen LogP contribution < -0.4 is 21.3 Å². The van der Waals surface area contributed by atoms with Gasteiger partial charge in [0, 0.05) is 61.8 Å². The van der Waals surface area contributed by atoms with Crippen molar-refractivity contribution >= 4 is 65.4 Å². The zero-order valence-corrected chi connectivity index (χ0v) is 59.3. The van der Waals surface area contributed by atoms with Gasteiger partial charge in [-0.15, -0.1) is 0 Å². The molecule has 5 N–H and O–H groups in total. The Bertz CT molecular complexity index is 2190. The van der Waals surface area contributed by atoms with Crippen LogP contribution in [0.4, 0.5) is 0 Å². The number of carbonyl (C=O) groups is 10. The molecule has 486 valence electrons. The van der Waals surface area contributed by atoms with Crippen molar-refractivity contribution in [2.75, 3.05) is 48.8 Å². The molecule has 0 spiro atoms. The van der Waals surface area contributed by atoms with Gasteiger partial charge in [-0.2, -0.15) is 0 Å². The van der Waals surface area contributed by atoms with E-state index in [0.717, 1.165) is 11.3 Å². The van der Waals surface area contributed by atoms with E-state index < -0.39 is 132 Å². The molecule has 11 atom stereocenters. The molecule has 0 rings (SSSR count). The van der Waals surface area contributed by atoms with E-state index in [4.69, 9.17) is 0 Å². The minimum Gasteiger partial charge on any atom is -0.540 e. The third kappa shape index (κ3) is 27.0. The van der Waals surface area contributed by atoms with E-state index in [1.165, 1.54) is 80.6 Å². The predicted molar refractivity (Wildman–Crippen MR) is 328 cm³/mol. The molecule has 0 fully saturated rings. The van der Waals surface area contributed by atoms with E-state index in [2.05, 4.69) is 21.3 Å². The van der Waals surface area contributed by atoms with Gasteiger partial charge in [0.05, 0.1) is 12.5 Å². The van der Waals surface area contributed by atoms with Gasteiger partial charge < -0.3 is 72.8 Å². The van der Waals surface area contributed by atoms with E-state index in [1.54, 1.807) is 41.5 Å². The number of carbonyl (C=O) groups excluding carboxylic acids is 11. The number of aliphatic hydroxyl groups excluding tert-OH is 1. The van der Waals surface area contributed by atoms with Crippen molar-refractivity contribution in [3.05, 3.63) is 26.0 Å². The summed E-state index contributed by atoms with van der Waals surface area (Å²) in [5, 5.41) is 21.3. The average Bonchev–Trinajstić information content (AvgIpc) is 3.58. The molecular formula is C62H111N10O12Zn-3. The second-order valence-electron chi connectivity index (χ2n) is 25.0. The molecule has 0 heterocycles. The number of allylic oxidation sites excluding steroid dienone is 2. The number of rotatable bonds is 36. The second-order valence-corrected chi connectivity index (χ2v) is 25.0. The predicted octanol–water partition coefficient (Wildman–Crippen LogP) is 4.19. The summed E-state index contributed by atoms with van der Waals surface area (Å²) >= 11 is 0. The van der Waals surface area contributed by atoms with Crippen LogP contribution >= 0.6 is 0 Å². The van der Waals surface area contributed by atoms with Gasteiger partial charge in [0.15, 0.2) is 0 Å². The zero-order valence-electron chi connectivity index (χ0n) is 56.3. The third-order valence-corrected chi connectivity index (χ3v) is 14.9. The van der Waals surface area contributed by atoms with Gasteiger partial charge in [-0.1, -0.05) is 121 Å². The molecule has 0 aliphatic carbocycles. The third-order valence-electron chi connectivity index (χ3n) is 14.9. The van der Waals surface area contributed by atoms with Crippen LogP contribution in [0.25, 0.3) is 0 Å². The van der Waals surface area contributed by atoms with Crippen molar-refractivity contribution in [3.63, 3.8) is 0 Å². The Morgan fingerprint density at radius 1 is 0.518 bits per heavy atom. The monoisotopic (exact) mass is 1250 g/mol. The maximum absolute atomic E-state index is 14.5. The second kappa shape index (κ2) is 40.1. The summed E-state index contributed by atoms with van der Waals surface area (Å²) in [4.78, 5) is 159. The van der Waals surface area contributed by atoms with Crippen LogP contribution in [0, 0.1) is 55.3 Å². The standard InChI is InChI=1S/C61H108N10O12.CH3.Zn/c1-24-26-27-41(15)50(73)32-51(74)64-44(25-2)58(80)66(18)33-52(75)67(19)45(28-35(3)4)56(78)65-53(40(13)14)61(83)68(20)46(29-36(5)6)55(77)62-42(16)54(76)63-43(17)57(79)69(21)47(30-37(7)8)59(81)70(22)48(31-38(9)10)60(82)71(23)49(34-72)39(11)12;;/h24,26,32,35-50,53,73H,25,27-31,33H2,1-23H3,(H,62,77)(H,63,76)(H,64,74)(H,65,78);1H3;/q-2;-1;/b26-24+;;/t41?,42-,43+,44-,45-,46-,47-,48-,49+,50-,53-;;/m0../s1. The molecule has 0 radical (unpaired) electrons. The van der Waals surface area contributed by atoms with Crippen molar-refractivity contribution < 1.29 is 77.3 Å². The van der Waals surface area contributed by atoms with E-state index >= 15 is 0 Å². The van der Waals surface area contributed by atoms with Crippen molar-refractivity contribution in [2.45, 2.75) is 217 Å². The van der Waals surface area contributed by atoms with Gasteiger partial charge in [-0.3, -0.25) is 49.6 Å². The van der Waals surface area contributed by atoms with Gasteiger partial charge >= 0.3 is 0 Å². The molecule has 0 saturated heterocycles.